The van der Waals surface area contributed by atoms with Gasteiger partial charge in [0.1, 0.15) is 5.82 Å². The normalized spacial score (nSPS) is 13.9. The van der Waals surface area contributed by atoms with E-state index in [4.69, 9.17) is 5.73 Å². The molecule has 0 aliphatic heterocycles. The van der Waals surface area contributed by atoms with E-state index in [1.165, 1.54) is 12.1 Å². The second-order valence-corrected chi connectivity index (χ2v) is 6.20. The number of hydrogen-bond donors (Lipinski definition) is 1. The van der Waals surface area contributed by atoms with E-state index >= 15 is 0 Å². The van der Waals surface area contributed by atoms with Crippen molar-refractivity contribution in [3.05, 3.63) is 35.6 Å². The Balaban J connectivity index is 2.62. The van der Waals surface area contributed by atoms with Crippen molar-refractivity contribution in [1.29, 1.82) is 0 Å². The first-order valence-electron chi connectivity index (χ1n) is 6.46. The molecule has 2 nitrogen and oxygen atoms in total. The van der Waals surface area contributed by atoms with Gasteiger partial charge in [0.2, 0.25) is 0 Å². The summed E-state index contributed by atoms with van der Waals surface area (Å²) in [6, 6.07) is 7.02. The van der Waals surface area contributed by atoms with Gasteiger partial charge in [0, 0.05) is 19.1 Å². The Morgan fingerprint density at radius 1 is 1.22 bits per heavy atom. The monoisotopic (exact) mass is 252 g/mol. The Hall–Kier alpha value is -0.930. The maximum Gasteiger partial charge on any atom is 0.123 e. The highest BCUT2D eigenvalue weighted by Crippen LogP contribution is 2.23. The van der Waals surface area contributed by atoms with Crippen LogP contribution in [0.3, 0.4) is 0 Å². The van der Waals surface area contributed by atoms with Crippen LogP contribution in [0.5, 0.6) is 0 Å². The lowest BCUT2D eigenvalue weighted by Gasteiger charge is -2.32. The minimum absolute atomic E-state index is 0.188. The van der Waals surface area contributed by atoms with Crippen molar-refractivity contribution in [3.63, 3.8) is 0 Å². The molecule has 0 aromatic heterocycles. The smallest absolute Gasteiger partial charge is 0.123 e. The zero-order valence-corrected chi connectivity index (χ0v) is 11.9. The second kappa shape index (κ2) is 6.30. The molecule has 102 valence electrons. The number of hydrogen-bond acceptors (Lipinski definition) is 2. The quantitative estimate of drug-likeness (QED) is 0.873. The summed E-state index contributed by atoms with van der Waals surface area (Å²) in [5, 5.41) is 0. The fraction of sp³-hybridized carbons (Fsp3) is 0.600. The molecule has 0 fully saturated rings. The first-order chi connectivity index (χ1) is 8.31. The molecule has 1 aromatic rings. The third-order valence-electron chi connectivity index (χ3n) is 3.09. The van der Waals surface area contributed by atoms with E-state index in [1.54, 1.807) is 0 Å². The zero-order valence-electron chi connectivity index (χ0n) is 11.9. The van der Waals surface area contributed by atoms with Gasteiger partial charge < -0.3 is 5.73 Å². The van der Waals surface area contributed by atoms with E-state index in [0.717, 1.165) is 18.5 Å². The molecule has 0 bridgehead atoms. The Labute approximate surface area is 110 Å². The molecular weight excluding hydrogens is 227 g/mol. The van der Waals surface area contributed by atoms with Crippen LogP contribution in [0.4, 0.5) is 4.39 Å². The minimum Gasteiger partial charge on any atom is -0.329 e. The third-order valence-corrected chi connectivity index (χ3v) is 3.09. The first kappa shape index (κ1) is 15.1. The fourth-order valence-corrected chi connectivity index (χ4v) is 2.13. The Bertz CT molecular complexity index is 354. The van der Waals surface area contributed by atoms with E-state index in [-0.39, 0.29) is 11.2 Å². The van der Waals surface area contributed by atoms with Crippen LogP contribution in [-0.2, 0) is 6.54 Å². The SMILES string of the molecule is CN(Cc1ccc(F)cc1)C(CN)CC(C)(C)C. The van der Waals surface area contributed by atoms with E-state index in [2.05, 4.69) is 32.7 Å². The lowest BCUT2D eigenvalue weighted by atomic mass is 9.87. The molecule has 0 radical (unpaired) electrons. The van der Waals surface area contributed by atoms with Crippen molar-refractivity contribution in [3.8, 4) is 0 Å². The number of nitrogens with zero attached hydrogens (tertiary/aromatic N) is 1. The number of rotatable bonds is 5. The van der Waals surface area contributed by atoms with Crippen molar-refractivity contribution in [2.24, 2.45) is 11.1 Å². The molecule has 1 atom stereocenters. The molecule has 0 saturated heterocycles. The molecule has 0 amide bonds. The molecule has 0 saturated carbocycles. The molecule has 1 rings (SSSR count). The van der Waals surface area contributed by atoms with Crippen LogP contribution >= 0.6 is 0 Å². The molecule has 0 aliphatic rings. The summed E-state index contributed by atoms with van der Waals surface area (Å²) in [5.41, 5.74) is 7.24. The van der Waals surface area contributed by atoms with Gasteiger partial charge in [0.25, 0.3) is 0 Å². The van der Waals surface area contributed by atoms with Crippen LogP contribution in [0.2, 0.25) is 0 Å². The van der Waals surface area contributed by atoms with Gasteiger partial charge in [-0.25, -0.2) is 4.39 Å². The summed E-state index contributed by atoms with van der Waals surface area (Å²) in [6.07, 6.45) is 1.06. The number of nitrogens with two attached hydrogens (primary N) is 1. The summed E-state index contributed by atoms with van der Waals surface area (Å²) in [5.74, 6) is -0.188. The predicted octanol–water partition coefficient (Wildman–Crippen LogP) is 3.02. The highest BCUT2D eigenvalue weighted by Gasteiger charge is 2.21. The molecule has 0 aliphatic carbocycles. The van der Waals surface area contributed by atoms with E-state index in [1.807, 2.05) is 12.1 Å². The Morgan fingerprint density at radius 2 is 1.78 bits per heavy atom. The largest absolute Gasteiger partial charge is 0.329 e. The van der Waals surface area contributed by atoms with Crippen molar-refractivity contribution < 1.29 is 4.39 Å². The highest BCUT2D eigenvalue weighted by atomic mass is 19.1. The molecule has 0 heterocycles. The molecule has 1 aromatic carbocycles. The van der Waals surface area contributed by atoms with Gasteiger partial charge in [-0.2, -0.15) is 0 Å². The highest BCUT2D eigenvalue weighted by molar-refractivity contribution is 5.15. The van der Waals surface area contributed by atoms with Crippen molar-refractivity contribution in [1.82, 2.24) is 4.90 Å². The molecule has 3 heteroatoms. The van der Waals surface area contributed by atoms with Crippen LogP contribution in [0, 0.1) is 11.2 Å². The summed E-state index contributed by atoms with van der Waals surface area (Å²) in [6.45, 7) is 8.12. The molecule has 2 N–H and O–H groups in total. The van der Waals surface area contributed by atoms with Gasteiger partial charge >= 0.3 is 0 Å². The summed E-state index contributed by atoms with van der Waals surface area (Å²) >= 11 is 0. The summed E-state index contributed by atoms with van der Waals surface area (Å²) < 4.78 is 12.8. The van der Waals surface area contributed by atoms with Gasteiger partial charge in [-0.3, -0.25) is 4.90 Å². The number of halogens is 1. The van der Waals surface area contributed by atoms with Crippen molar-refractivity contribution in [2.75, 3.05) is 13.6 Å². The van der Waals surface area contributed by atoms with Gasteiger partial charge in [-0.05, 0) is 36.6 Å². The fourth-order valence-electron chi connectivity index (χ4n) is 2.13. The van der Waals surface area contributed by atoms with Crippen LogP contribution < -0.4 is 5.73 Å². The van der Waals surface area contributed by atoms with Gasteiger partial charge in [0.05, 0.1) is 0 Å². The first-order valence-corrected chi connectivity index (χ1v) is 6.46. The lowest BCUT2D eigenvalue weighted by Crippen LogP contribution is -2.40. The maximum absolute atomic E-state index is 12.8. The second-order valence-electron chi connectivity index (χ2n) is 6.20. The van der Waals surface area contributed by atoms with E-state index in [9.17, 15) is 4.39 Å². The molecular formula is C15H25FN2. The Morgan fingerprint density at radius 3 is 2.22 bits per heavy atom. The average Bonchev–Trinajstić information content (AvgIpc) is 2.27. The van der Waals surface area contributed by atoms with Gasteiger partial charge in [0.15, 0.2) is 0 Å². The predicted molar refractivity (Wildman–Crippen MR) is 74.8 cm³/mol. The summed E-state index contributed by atoms with van der Waals surface area (Å²) in [7, 11) is 2.08. The van der Waals surface area contributed by atoms with Crippen LogP contribution in [0.25, 0.3) is 0 Å². The maximum atomic E-state index is 12.8. The lowest BCUT2D eigenvalue weighted by molar-refractivity contribution is 0.177. The number of likely N-dealkylation sites (N-methyl/N-ethyl adjacent to an activating group) is 1. The zero-order chi connectivity index (χ0) is 13.8. The topological polar surface area (TPSA) is 29.3 Å². The number of benzene rings is 1. The van der Waals surface area contributed by atoms with Gasteiger partial charge in [-0.15, -0.1) is 0 Å². The van der Waals surface area contributed by atoms with E-state index in [0.29, 0.717) is 12.6 Å². The standard InChI is InChI=1S/C15H25FN2/c1-15(2,3)9-14(10-17)18(4)11-12-5-7-13(16)8-6-12/h5-8,14H,9-11,17H2,1-4H3. The van der Waals surface area contributed by atoms with Crippen LogP contribution in [0.15, 0.2) is 24.3 Å². The van der Waals surface area contributed by atoms with E-state index < -0.39 is 0 Å². The van der Waals surface area contributed by atoms with Crippen LogP contribution in [-0.4, -0.2) is 24.5 Å². The molecule has 18 heavy (non-hydrogen) atoms. The average molecular weight is 252 g/mol. The minimum atomic E-state index is -0.188. The van der Waals surface area contributed by atoms with Crippen molar-refractivity contribution >= 4 is 0 Å². The molecule has 0 spiro atoms. The third kappa shape index (κ3) is 5.15. The van der Waals surface area contributed by atoms with Crippen molar-refractivity contribution in [2.45, 2.75) is 39.8 Å². The molecule has 1 unspecified atom stereocenters. The van der Waals surface area contributed by atoms with Gasteiger partial charge in [-0.1, -0.05) is 32.9 Å². The summed E-state index contributed by atoms with van der Waals surface area (Å²) in [4.78, 5) is 2.25. The van der Waals surface area contributed by atoms with Crippen LogP contribution in [0.1, 0.15) is 32.8 Å². The Kier molecular flexibility index (Phi) is 5.29.